The second-order valence-corrected chi connectivity index (χ2v) is 5.60. The van der Waals surface area contributed by atoms with Crippen LogP contribution in [-0.2, 0) is 0 Å². The summed E-state index contributed by atoms with van der Waals surface area (Å²) in [6, 6.07) is 7.08. The van der Waals surface area contributed by atoms with Crippen LogP contribution in [0.25, 0.3) is 0 Å². The second kappa shape index (κ2) is 6.35. The minimum absolute atomic E-state index is 0.137. The highest BCUT2D eigenvalue weighted by atomic mass is 19.1. The largest absolute Gasteiger partial charge is 0.396 e. The topological polar surface area (TPSA) is 26.7 Å². The fourth-order valence-electron chi connectivity index (χ4n) is 2.98. The Hall–Kier alpha value is -1.13. The van der Waals surface area contributed by atoms with E-state index in [0.29, 0.717) is 18.0 Å². The van der Waals surface area contributed by atoms with Gasteiger partial charge in [-0.25, -0.2) is 4.39 Å². The summed E-state index contributed by atoms with van der Waals surface area (Å²) in [5.41, 5.74) is 0.656. The zero-order valence-electron chi connectivity index (χ0n) is 11.7. The van der Waals surface area contributed by atoms with E-state index < -0.39 is 0 Å². The first-order chi connectivity index (χ1) is 9.11. The van der Waals surface area contributed by atoms with Crippen LogP contribution in [0.4, 0.5) is 10.1 Å². The molecule has 19 heavy (non-hydrogen) atoms. The summed E-state index contributed by atoms with van der Waals surface area (Å²) in [5.74, 6) is 0.301. The van der Waals surface area contributed by atoms with Crippen molar-refractivity contribution in [1.29, 1.82) is 0 Å². The lowest BCUT2D eigenvalue weighted by Gasteiger charge is -2.33. The van der Waals surface area contributed by atoms with Gasteiger partial charge in [0, 0.05) is 32.3 Å². The molecule has 1 saturated heterocycles. The lowest BCUT2D eigenvalue weighted by Crippen LogP contribution is -2.41. The summed E-state index contributed by atoms with van der Waals surface area (Å²) in [6.07, 6.45) is 0.672. The molecule has 0 spiro atoms. The summed E-state index contributed by atoms with van der Waals surface area (Å²) in [4.78, 5) is 4.39. The fourth-order valence-corrected chi connectivity index (χ4v) is 2.98. The number of nitrogens with zero attached hydrogens (tertiary/aromatic N) is 2. The van der Waals surface area contributed by atoms with Gasteiger partial charge in [0.05, 0.1) is 5.69 Å². The third-order valence-electron chi connectivity index (χ3n) is 3.72. The maximum atomic E-state index is 14.0. The van der Waals surface area contributed by atoms with Crippen LogP contribution in [-0.4, -0.2) is 49.3 Å². The van der Waals surface area contributed by atoms with Crippen molar-refractivity contribution in [3.8, 4) is 0 Å². The van der Waals surface area contributed by atoms with Crippen LogP contribution >= 0.6 is 0 Å². The number of anilines is 1. The number of rotatable bonds is 3. The molecule has 0 saturated carbocycles. The van der Waals surface area contributed by atoms with Crippen molar-refractivity contribution >= 4 is 5.69 Å². The molecular formula is C15H23FN2O. The van der Waals surface area contributed by atoms with Crippen LogP contribution in [0, 0.1) is 11.7 Å². The van der Waals surface area contributed by atoms with Crippen LogP contribution in [0.2, 0.25) is 0 Å². The Kier molecular flexibility index (Phi) is 4.77. The van der Waals surface area contributed by atoms with Gasteiger partial charge in [0.25, 0.3) is 0 Å². The smallest absolute Gasteiger partial charge is 0.146 e. The lowest BCUT2D eigenvalue weighted by atomic mass is 10.1. The van der Waals surface area contributed by atoms with Gasteiger partial charge in [0.2, 0.25) is 0 Å². The van der Waals surface area contributed by atoms with Gasteiger partial charge in [-0.3, -0.25) is 0 Å². The molecule has 2 unspecified atom stereocenters. The van der Waals surface area contributed by atoms with E-state index in [9.17, 15) is 9.50 Å². The standard InChI is InChI=1S/C15H23FN2O/c1-12-9-17(2)11-13(7-8-19)18(10-12)15-6-4-3-5-14(15)16/h3-6,12-13,19H,7-11H2,1-2H3. The van der Waals surface area contributed by atoms with Crippen molar-refractivity contribution in [3.63, 3.8) is 0 Å². The monoisotopic (exact) mass is 266 g/mol. The van der Waals surface area contributed by atoms with E-state index in [1.165, 1.54) is 6.07 Å². The summed E-state index contributed by atoms with van der Waals surface area (Å²) >= 11 is 0. The van der Waals surface area contributed by atoms with E-state index in [1.54, 1.807) is 6.07 Å². The Morgan fingerprint density at radius 3 is 2.68 bits per heavy atom. The lowest BCUT2D eigenvalue weighted by molar-refractivity contribution is 0.250. The van der Waals surface area contributed by atoms with Crippen molar-refractivity contribution in [3.05, 3.63) is 30.1 Å². The molecule has 1 aliphatic rings. The van der Waals surface area contributed by atoms with Gasteiger partial charge < -0.3 is 14.9 Å². The highest BCUT2D eigenvalue weighted by Gasteiger charge is 2.27. The van der Waals surface area contributed by atoms with Gasteiger partial charge >= 0.3 is 0 Å². The molecule has 0 aromatic heterocycles. The Balaban J connectivity index is 2.29. The number of aliphatic hydroxyl groups excluding tert-OH is 1. The first kappa shape index (κ1) is 14.3. The molecule has 0 amide bonds. The van der Waals surface area contributed by atoms with Gasteiger partial charge in [0.15, 0.2) is 0 Å². The average Bonchev–Trinajstić information content (AvgIpc) is 2.49. The number of benzene rings is 1. The maximum Gasteiger partial charge on any atom is 0.146 e. The van der Waals surface area contributed by atoms with Gasteiger partial charge in [-0.2, -0.15) is 0 Å². The number of para-hydroxylation sites is 1. The normalized spacial score (nSPS) is 25.4. The molecule has 1 aliphatic heterocycles. The molecule has 3 nitrogen and oxygen atoms in total. The fraction of sp³-hybridized carbons (Fsp3) is 0.600. The average molecular weight is 266 g/mol. The van der Waals surface area contributed by atoms with E-state index in [0.717, 1.165) is 19.6 Å². The van der Waals surface area contributed by atoms with E-state index in [4.69, 9.17) is 0 Å². The molecule has 0 aliphatic carbocycles. The number of likely N-dealkylation sites (N-methyl/N-ethyl adjacent to an activating group) is 1. The van der Waals surface area contributed by atoms with Crippen LogP contribution in [0.15, 0.2) is 24.3 Å². The number of aliphatic hydroxyl groups is 1. The highest BCUT2D eigenvalue weighted by molar-refractivity contribution is 5.49. The third kappa shape index (κ3) is 3.45. The van der Waals surface area contributed by atoms with Crippen LogP contribution in [0.1, 0.15) is 13.3 Å². The van der Waals surface area contributed by atoms with E-state index in [2.05, 4.69) is 23.8 Å². The molecule has 1 fully saturated rings. The summed E-state index contributed by atoms with van der Waals surface area (Å²) < 4.78 is 14.0. The zero-order chi connectivity index (χ0) is 13.8. The SMILES string of the molecule is CC1CN(C)CC(CCO)N(c2ccccc2F)C1. The molecule has 1 aromatic carbocycles. The molecule has 4 heteroatoms. The predicted molar refractivity (Wildman–Crippen MR) is 75.9 cm³/mol. The van der Waals surface area contributed by atoms with E-state index in [1.807, 2.05) is 12.1 Å². The maximum absolute atomic E-state index is 14.0. The minimum atomic E-state index is -0.179. The predicted octanol–water partition coefficient (Wildman–Crippen LogP) is 1.96. The first-order valence-corrected chi connectivity index (χ1v) is 6.92. The third-order valence-corrected chi connectivity index (χ3v) is 3.72. The Labute approximate surface area is 114 Å². The molecular weight excluding hydrogens is 243 g/mol. The van der Waals surface area contributed by atoms with E-state index in [-0.39, 0.29) is 18.5 Å². The minimum Gasteiger partial charge on any atom is -0.396 e. The molecule has 0 radical (unpaired) electrons. The Bertz CT molecular complexity index is 413. The summed E-state index contributed by atoms with van der Waals surface area (Å²) in [7, 11) is 2.09. The summed E-state index contributed by atoms with van der Waals surface area (Å²) in [6.45, 7) is 5.02. The zero-order valence-corrected chi connectivity index (χ0v) is 11.7. The highest BCUT2D eigenvalue weighted by Crippen LogP contribution is 2.26. The number of hydrogen-bond donors (Lipinski definition) is 1. The van der Waals surface area contributed by atoms with E-state index >= 15 is 0 Å². The van der Waals surface area contributed by atoms with Crippen LogP contribution in [0.5, 0.6) is 0 Å². The van der Waals surface area contributed by atoms with Crippen molar-refractivity contribution < 1.29 is 9.50 Å². The van der Waals surface area contributed by atoms with Crippen molar-refractivity contribution in [2.75, 3.05) is 38.2 Å². The van der Waals surface area contributed by atoms with Gasteiger partial charge in [-0.1, -0.05) is 19.1 Å². The molecule has 1 N–H and O–H groups in total. The van der Waals surface area contributed by atoms with Crippen molar-refractivity contribution in [2.24, 2.45) is 5.92 Å². The second-order valence-electron chi connectivity index (χ2n) is 5.60. The quantitative estimate of drug-likeness (QED) is 0.906. The molecule has 1 aromatic rings. The Morgan fingerprint density at radius 2 is 2.00 bits per heavy atom. The van der Waals surface area contributed by atoms with Gasteiger partial charge in [-0.15, -0.1) is 0 Å². The van der Waals surface area contributed by atoms with Gasteiger partial charge in [-0.05, 0) is 31.5 Å². The molecule has 106 valence electrons. The van der Waals surface area contributed by atoms with Crippen molar-refractivity contribution in [1.82, 2.24) is 4.90 Å². The van der Waals surface area contributed by atoms with Crippen molar-refractivity contribution in [2.45, 2.75) is 19.4 Å². The first-order valence-electron chi connectivity index (χ1n) is 6.92. The summed E-state index contributed by atoms with van der Waals surface area (Å²) in [5, 5.41) is 9.26. The van der Waals surface area contributed by atoms with Crippen LogP contribution in [0.3, 0.4) is 0 Å². The van der Waals surface area contributed by atoms with Gasteiger partial charge in [0.1, 0.15) is 5.82 Å². The molecule has 2 rings (SSSR count). The number of halogens is 1. The molecule has 2 atom stereocenters. The number of hydrogen-bond acceptors (Lipinski definition) is 3. The molecule has 0 bridgehead atoms. The van der Waals surface area contributed by atoms with Crippen LogP contribution < -0.4 is 4.90 Å². The molecule has 1 heterocycles. The Morgan fingerprint density at radius 1 is 1.26 bits per heavy atom.